The lowest BCUT2D eigenvalue weighted by Crippen LogP contribution is -2.33. The minimum absolute atomic E-state index is 0.183. The Bertz CT molecular complexity index is 186. The van der Waals surface area contributed by atoms with Crippen LogP contribution in [-0.2, 0) is 0 Å². The molecule has 1 aliphatic carbocycles. The minimum atomic E-state index is -0.183. The van der Waals surface area contributed by atoms with Crippen molar-refractivity contribution < 1.29 is 4.79 Å². The molecule has 3 heteroatoms. The minimum Gasteiger partial charge on any atom is -0.335 e. The van der Waals surface area contributed by atoms with Gasteiger partial charge in [-0.15, -0.1) is 0 Å². The molecule has 0 atom stereocenters. The van der Waals surface area contributed by atoms with E-state index in [9.17, 15) is 4.79 Å². The van der Waals surface area contributed by atoms with Gasteiger partial charge < -0.3 is 5.32 Å². The molecule has 2 amide bonds. The lowest BCUT2D eigenvalue weighted by atomic mass is 10.7. The highest BCUT2D eigenvalue weighted by atomic mass is 16.2. The number of hydrogen-bond donors (Lipinski definition) is 2. The Morgan fingerprint density at radius 1 is 1.60 bits per heavy atom. The summed E-state index contributed by atoms with van der Waals surface area (Å²) >= 11 is 0. The third-order valence-electron chi connectivity index (χ3n) is 1.21. The Balaban J connectivity index is 2.12. The molecule has 0 saturated heterocycles. The molecule has 54 valence electrons. The highest BCUT2D eigenvalue weighted by Crippen LogP contribution is 2.17. The number of carbonyl (C=O) groups is 1. The van der Waals surface area contributed by atoms with Crippen LogP contribution in [0.4, 0.5) is 4.79 Å². The standard InChI is InChI=1S/C7H10N2O/c1-2-5-8-7(10)9-6-3-4-6/h6H,3-4H2,1H3,(H2,8,9,10). The van der Waals surface area contributed by atoms with E-state index in [1.165, 1.54) is 0 Å². The van der Waals surface area contributed by atoms with Crippen molar-refractivity contribution in [1.29, 1.82) is 0 Å². The fraction of sp³-hybridized carbons (Fsp3) is 0.571. The number of hydrogen-bond acceptors (Lipinski definition) is 1. The van der Waals surface area contributed by atoms with Crippen LogP contribution >= 0.6 is 0 Å². The molecule has 0 aromatic carbocycles. The second-order valence-corrected chi connectivity index (χ2v) is 2.25. The molecule has 0 bridgehead atoms. The summed E-state index contributed by atoms with van der Waals surface area (Å²) in [6, 6.07) is 2.69. The van der Waals surface area contributed by atoms with Gasteiger partial charge in [-0.3, -0.25) is 5.32 Å². The monoisotopic (exact) mass is 138 g/mol. The van der Waals surface area contributed by atoms with E-state index < -0.39 is 0 Å². The van der Waals surface area contributed by atoms with E-state index in [1.54, 1.807) is 6.92 Å². The van der Waals surface area contributed by atoms with E-state index in [0.717, 1.165) is 12.8 Å². The van der Waals surface area contributed by atoms with Crippen LogP contribution in [0, 0.1) is 12.0 Å². The van der Waals surface area contributed by atoms with E-state index in [4.69, 9.17) is 0 Å². The highest BCUT2D eigenvalue weighted by molar-refractivity contribution is 5.76. The van der Waals surface area contributed by atoms with Crippen molar-refractivity contribution in [2.24, 2.45) is 0 Å². The maximum Gasteiger partial charge on any atom is 0.326 e. The van der Waals surface area contributed by atoms with E-state index in [-0.39, 0.29) is 6.03 Å². The molecule has 0 aromatic heterocycles. The number of urea groups is 1. The van der Waals surface area contributed by atoms with Gasteiger partial charge in [0.15, 0.2) is 0 Å². The quantitative estimate of drug-likeness (QED) is 0.400. The summed E-state index contributed by atoms with van der Waals surface area (Å²) in [4.78, 5) is 10.7. The molecule has 2 N–H and O–H groups in total. The van der Waals surface area contributed by atoms with Crippen LogP contribution in [0.15, 0.2) is 0 Å². The van der Waals surface area contributed by atoms with Gasteiger partial charge in [0.05, 0.1) is 0 Å². The molecule has 1 saturated carbocycles. The molecule has 3 nitrogen and oxygen atoms in total. The van der Waals surface area contributed by atoms with Crippen molar-refractivity contribution in [3.63, 3.8) is 0 Å². The second-order valence-electron chi connectivity index (χ2n) is 2.25. The Morgan fingerprint density at radius 3 is 2.80 bits per heavy atom. The van der Waals surface area contributed by atoms with Crippen LogP contribution in [0.3, 0.4) is 0 Å². The number of rotatable bonds is 1. The van der Waals surface area contributed by atoms with Crippen LogP contribution in [-0.4, -0.2) is 12.1 Å². The van der Waals surface area contributed by atoms with Gasteiger partial charge in [0.25, 0.3) is 0 Å². The second kappa shape index (κ2) is 3.11. The Morgan fingerprint density at radius 2 is 2.30 bits per heavy atom. The van der Waals surface area contributed by atoms with Crippen molar-refractivity contribution in [3.05, 3.63) is 0 Å². The molecule has 1 aliphatic rings. The SMILES string of the molecule is CC#CNC(=O)NC1CC1. The van der Waals surface area contributed by atoms with Crippen LogP contribution < -0.4 is 10.6 Å². The predicted molar refractivity (Wildman–Crippen MR) is 38.1 cm³/mol. The Labute approximate surface area is 60.2 Å². The average Bonchev–Trinajstić information content (AvgIpc) is 2.67. The molecule has 0 radical (unpaired) electrons. The van der Waals surface area contributed by atoms with E-state index >= 15 is 0 Å². The zero-order chi connectivity index (χ0) is 7.40. The molecule has 0 spiro atoms. The van der Waals surface area contributed by atoms with Gasteiger partial charge in [0.1, 0.15) is 0 Å². The van der Waals surface area contributed by atoms with E-state index in [1.807, 2.05) is 0 Å². The number of amides is 2. The number of nitrogens with one attached hydrogen (secondary N) is 2. The fourth-order valence-electron chi connectivity index (χ4n) is 0.568. The molecular formula is C7H10N2O. The molecule has 1 rings (SSSR count). The van der Waals surface area contributed by atoms with Crippen molar-refractivity contribution in [1.82, 2.24) is 10.6 Å². The van der Waals surface area contributed by atoms with Crippen molar-refractivity contribution in [3.8, 4) is 12.0 Å². The fourth-order valence-corrected chi connectivity index (χ4v) is 0.568. The summed E-state index contributed by atoms with van der Waals surface area (Å²) in [7, 11) is 0. The average molecular weight is 138 g/mol. The summed E-state index contributed by atoms with van der Waals surface area (Å²) in [5.41, 5.74) is 0. The van der Waals surface area contributed by atoms with Crippen molar-refractivity contribution >= 4 is 6.03 Å². The third kappa shape index (κ3) is 2.40. The van der Waals surface area contributed by atoms with Gasteiger partial charge in [0.2, 0.25) is 0 Å². The van der Waals surface area contributed by atoms with Crippen LogP contribution in [0.2, 0.25) is 0 Å². The van der Waals surface area contributed by atoms with Gasteiger partial charge in [-0.25, -0.2) is 4.79 Å². The first kappa shape index (κ1) is 6.94. The van der Waals surface area contributed by atoms with Gasteiger partial charge in [-0.1, -0.05) is 5.92 Å². The van der Waals surface area contributed by atoms with Gasteiger partial charge in [-0.2, -0.15) is 0 Å². The molecule has 1 fully saturated rings. The number of carbonyl (C=O) groups excluding carboxylic acids is 1. The van der Waals surface area contributed by atoms with Gasteiger partial charge in [-0.05, 0) is 19.8 Å². The lowest BCUT2D eigenvalue weighted by molar-refractivity contribution is 0.244. The van der Waals surface area contributed by atoms with E-state index in [2.05, 4.69) is 22.6 Å². The maximum absolute atomic E-state index is 10.7. The molecule has 0 aliphatic heterocycles. The Kier molecular flexibility index (Phi) is 2.16. The maximum atomic E-state index is 10.7. The first-order valence-electron chi connectivity index (χ1n) is 3.31. The topological polar surface area (TPSA) is 41.1 Å². The van der Waals surface area contributed by atoms with Crippen LogP contribution in [0.1, 0.15) is 19.8 Å². The lowest BCUT2D eigenvalue weighted by Gasteiger charge is -1.97. The predicted octanol–water partition coefficient (Wildman–Crippen LogP) is 0.429. The molecule has 0 unspecified atom stereocenters. The van der Waals surface area contributed by atoms with Crippen LogP contribution in [0.25, 0.3) is 0 Å². The molecular weight excluding hydrogens is 128 g/mol. The zero-order valence-corrected chi connectivity index (χ0v) is 5.90. The molecule has 10 heavy (non-hydrogen) atoms. The largest absolute Gasteiger partial charge is 0.335 e. The molecule has 0 aromatic rings. The summed E-state index contributed by atoms with van der Waals surface area (Å²) in [5.74, 6) is 2.57. The third-order valence-corrected chi connectivity index (χ3v) is 1.21. The summed E-state index contributed by atoms with van der Waals surface area (Å²) < 4.78 is 0. The zero-order valence-electron chi connectivity index (χ0n) is 5.90. The van der Waals surface area contributed by atoms with Gasteiger partial charge >= 0.3 is 6.03 Å². The smallest absolute Gasteiger partial charge is 0.326 e. The first-order chi connectivity index (χ1) is 4.83. The van der Waals surface area contributed by atoms with E-state index in [0.29, 0.717) is 6.04 Å². The first-order valence-corrected chi connectivity index (χ1v) is 3.31. The normalized spacial score (nSPS) is 14.9. The highest BCUT2D eigenvalue weighted by Gasteiger charge is 2.22. The van der Waals surface area contributed by atoms with Crippen molar-refractivity contribution in [2.45, 2.75) is 25.8 Å². The Hall–Kier alpha value is -1.17. The van der Waals surface area contributed by atoms with Gasteiger partial charge in [0, 0.05) is 12.1 Å². The van der Waals surface area contributed by atoms with Crippen LogP contribution in [0.5, 0.6) is 0 Å². The summed E-state index contributed by atoms with van der Waals surface area (Å²) in [6.07, 6.45) is 2.21. The summed E-state index contributed by atoms with van der Waals surface area (Å²) in [6.45, 7) is 1.68. The summed E-state index contributed by atoms with van der Waals surface area (Å²) in [5, 5.41) is 5.13. The molecule has 0 heterocycles. The van der Waals surface area contributed by atoms with Crippen molar-refractivity contribution in [2.75, 3.05) is 0 Å².